The highest BCUT2D eigenvalue weighted by Crippen LogP contribution is 2.53. The van der Waals surface area contributed by atoms with Crippen molar-refractivity contribution < 1.29 is 18.7 Å². The third-order valence-corrected chi connectivity index (χ3v) is 7.90. The van der Waals surface area contributed by atoms with Crippen molar-refractivity contribution in [2.45, 2.75) is 44.1 Å². The molecule has 2 bridgehead atoms. The average molecular weight is 511 g/mol. The Labute approximate surface area is 199 Å². The van der Waals surface area contributed by atoms with Crippen LogP contribution in [0.2, 0.25) is 0 Å². The molecule has 0 aliphatic heterocycles. The van der Waals surface area contributed by atoms with Crippen LogP contribution in [0.5, 0.6) is 0 Å². The van der Waals surface area contributed by atoms with Crippen molar-refractivity contribution in [1.29, 1.82) is 0 Å². The van der Waals surface area contributed by atoms with E-state index in [9.17, 15) is 9.59 Å². The summed E-state index contributed by atoms with van der Waals surface area (Å²) in [5.41, 5.74) is 0.452. The summed E-state index contributed by atoms with van der Waals surface area (Å²) in [6.07, 6.45) is 4.02. The van der Waals surface area contributed by atoms with Crippen LogP contribution in [0.3, 0.4) is 0 Å². The third kappa shape index (κ3) is 3.72. The van der Waals surface area contributed by atoms with E-state index >= 15 is 4.39 Å². The fraction of sp³-hybridized carbons (Fsp3) is 0.346. The Balaban J connectivity index is 1.53. The van der Waals surface area contributed by atoms with Crippen LogP contribution in [0.4, 0.5) is 4.39 Å². The number of rotatable bonds is 4. The topological polar surface area (TPSA) is 68.3 Å². The SMILES string of the molecule is COC(=O)C12CCC(NC(=O)c3c(F)c(-c4ccccc4)nc4ccc(Br)cc34)(CC1)CC2. The zero-order chi connectivity index (χ0) is 23.2. The minimum absolute atomic E-state index is 0.00454. The molecule has 5 nitrogen and oxygen atoms in total. The lowest BCUT2D eigenvalue weighted by atomic mass is 9.57. The van der Waals surface area contributed by atoms with Gasteiger partial charge >= 0.3 is 5.97 Å². The highest BCUT2D eigenvalue weighted by Gasteiger charge is 2.53. The zero-order valence-electron chi connectivity index (χ0n) is 18.3. The van der Waals surface area contributed by atoms with Crippen molar-refractivity contribution in [2.24, 2.45) is 5.41 Å². The van der Waals surface area contributed by atoms with E-state index in [1.54, 1.807) is 24.3 Å². The molecule has 3 fully saturated rings. The van der Waals surface area contributed by atoms with Crippen LogP contribution in [0.15, 0.2) is 53.0 Å². The molecule has 3 saturated carbocycles. The van der Waals surface area contributed by atoms with E-state index in [-0.39, 0.29) is 17.2 Å². The predicted octanol–water partition coefficient (Wildman–Crippen LogP) is 5.80. The number of halogens is 2. The zero-order valence-corrected chi connectivity index (χ0v) is 19.9. The maximum absolute atomic E-state index is 15.9. The number of benzene rings is 2. The van der Waals surface area contributed by atoms with Crippen molar-refractivity contribution in [3.8, 4) is 11.3 Å². The number of amides is 1. The molecular weight excluding hydrogens is 487 g/mol. The average Bonchev–Trinajstić information content (AvgIpc) is 2.84. The van der Waals surface area contributed by atoms with Gasteiger partial charge in [0.15, 0.2) is 5.82 Å². The van der Waals surface area contributed by atoms with Crippen LogP contribution in [-0.2, 0) is 9.53 Å². The Morgan fingerprint density at radius 1 is 1.03 bits per heavy atom. The minimum atomic E-state index is -0.628. The fourth-order valence-corrected chi connectivity index (χ4v) is 5.78. The first-order chi connectivity index (χ1) is 15.9. The summed E-state index contributed by atoms with van der Waals surface area (Å²) >= 11 is 3.43. The number of aromatic nitrogens is 1. The first-order valence-electron chi connectivity index (χ1n) is 11.1. The van der Waals surface area contributed by atoms with E-state index in [2.05, 4.69) is 26.2 Å². The summed E-state index contributed by atoms with van der Waals surface area (Å²) in [6.45, 7) is 0. The number of methoxy groups -OCH3 is 1. The van der Waals surface area contributed by atoms with Crippen LogP contribution in [0.25, 0.3) is 22.2 Å². The number of carbonyl (C=O) groups is 2. The molecule has 3 aliphatic carbocycles. The van der Waals surface area contributed by atoms with E-state index in [0.29, 0.717) is 55.0 Å². The Bertz CT molecular complexity index is 1240. The molecule has 1 N–H and O–H groups in total. The van der Waals surface area contributed by atoms with E-state index < -0.39 is 22.7 Å². The summed E-state index contributed by atoms with van der Waals surface area (Å²) in [5, 5.41) is 3.63. The molecular formula is C26H24BrFN2O3. The molecule has 3 aromatic rings. The second-order valence-corrected chi connectivity index (χ2v) is 10.1. The van der Waals surface area contributed by atoms with Gasteiger partial charge in [-0.15, -0.1) is 0 Å². The van der Waals surface area contributed by atoms with E-state index in [1.807, 2.05) is 24.3 Å². The number of hydrogen-bond donors (Lipinski definition) is 1. The van der Waals surface area contributed by atoms with Crippen LogP contribution < -0.4 is 5.32 Å². The number of ether oxygens (including phenoxy) is 1. The lowest BCUT2D eigenvalue weighted by Crippen LogP contribution is -2.58. The van der Waals surface area contributed by atoms with E-state index in [4.69, 9.17) is 4.74 Å². The van der Waals surface area contributed by atoms with Gasteiger partial charge in [-0.1, -0.05) is 46.3 Å². The van der Waals surface area contributed by atoms with Gasteiger partial charge in [0.1, 0.15) is 5.69 Å². The van der Waals surface area contributed by atoms with E-state index in [1.165, 1.54) is 7.11 Å². The number of nitrogens with one attached hydrogen (secondary N) is 1. The van der Waals surface area contributed by atoms with Crippen LogP contribution in [-0.4, -0.2) is 29.5 Å². The van der Waals surface area contributed by atoms with Gasteiger partial charge in [-0.05, 0) is 56.7 Å². The summed E-state index contributed by atoms with van der Waals surface area (Å²) in [4.78, 5) is 30.5. The van der Waals surface area contributed by atoms with Gasteiger partial charge in [-0.2, -0.15) is 0 Å². The molecule has 0 atom stereocenters. The summed E-state index contributed by atoms with van der Waals surface area (Å²) in [5.74, 6) is -1.23. The van der Waals surface area contributed by atoms with Gasteiger partial charge in [0, 0.05) is 21.0 Å². The number of pyridine rings is 1. The van der Waals surface area contributed by atoms with Gasteiger partial charge in [0.2, 0.25) is 0 Å². The van der Waals surface area contributed by atoms with Crippen molar-refractivity contribution in [3.63, 3.8) is 0 Å². The molecule has 1 heterocycles. The number of nitrogens with zero attached hydrogens (tertiary/aromatic N) is 1. The fourth-order valence-electron chi connectivity index (χ4n) is 5.42. The monoisotopic (exact) mass is 510 g/mol. The molecule has 170 valence electrons. The molecule has 7 heteroatoms. The Hall–Kier alpha value is -2.80. The quantitative estimate of drug-likeness (QED) is 0.450. The van der Waals surface area contributed by atoms with Gasteiger partial charge in [-0.25, -0.2) is 9.37 Å². The summed E-state index contributed by atoms with van der Waals surface area (Å²) in [7, 11) is 1.43. The van der Waals surface area contributed by atoms with Crippen LogP contribution in [0, 0.1) is 11.2 Å². The third-order valence-electron chi connectivity index (χ3n) is 7.41. The minimum Gasteiger partial charge on any atom is -0.469 e. The molecule has 0 spiro atoms. The molecule has 0 radical (unpaired) electrons. The molecule has 0 saturated heterocycles. The lowest BCUT2D eigenvalue weighted by molar-refractivity contribution is -0.160. The van der Waals surface area contributed by atoms with Crippen molar-refractivity contribution >= 4 is 38.7 Å². The normalized spacial score (nSPS) is 24.0. The van der Waals surface area contributed by atoms with Gasteiger partial charge in [0.05, 0.1) is 23.6 Å². The number of fused-ring (bicyclic) bond motifs is 4. The van der Waals surface area contributed by atoms with Crippen LogP contribution in [0.1, 0.15) is 48.9 Å². The first-order valence-corrected chi connectivity index (χ1v) is 11.9. The van der Waals surface area contributed by atoms with Gasteiger partial charge in [0.25, 0.3) is 5.91 Å². The molecule has 33 heavy (non-hydrogen) atoms. The highest BCUT2D eigenvalue weighted by molar-refractivity contribution is 9.10. The number of esters is 1. The summed E-state index contributed by atoms with van der Waals surface area (Å²) < 4.78 is 21.7. The van der Waals surface area contributed by atoms with Crippen molar-refractivity contribution in [3.05, 3.63) is 64.4 Å². The van der Waals surface area contributed by atoms with Gasteiger partial charge < -0.3 is 10.1 Å². The molecule has 3 aliphatic rings. The molecule has 2 aromatic carbocycles. The Morgan fingerprint density at radius 2 is 1.70 bits per heavy atom. The molecule has 1 amide bonds. The lowest BCUT2D eigenvalue weighted by Gasteiger charge is -2.52. The number of hydrogen-bond acceptors (Lipinski definition) is 4. The maximum atomic E-state index is 15.9. The Morgan fingerprint density at radius 3 is 2.33 bits per heavy atom. The second-order valence-electron chi connectivity index (χ2n) is 9.18. The standard InChI is InChI=1S/C26H24BrFN2O3/c1-33-24(32)25-9-12-26(13-10-25,14-11-25)30-23(31)20-18-15-17(27)7-8-19(18)29-22(21(20)28)16-5-3-2-4-6-16/h2-8,15H,9-14H2,1H3,(H,30,31). The maximum Gasteiger partial charge on any atom is 0.311 e. The highest BCUT2D eigenvalue weighted by atomic mass is 79.9. The van der Waals surface area contributed by atoms with Crippen molar-refractivity contribution in [2.75, 3.05) is 7.11 Å². The Kier molecular flexibility index (Phi) is 5.47. The van der Waals surface area contributed by atoms with Crippen molar-refractivity contribution in [1.82, 2.24) is 10.3 Å². The van der Waals surface area contributed by atoms with E-state index in [0.717, 1.165) is 4.47 Å². The smallest absolute Gasteiger partial charge is 0.311 e. The largest absolute Gasteiger partial charge is 0.469 e. The predicted molar refractivity (Wildman–Crippen MR) is 127 cm³/mol. The summed E-state index contributed by atoms with van der Waals surface area (Å²) in [6, 6.07) is 14.4. The molecule has 0 unspecified atom stereocenters. The second kappa shape index (κ2) is 8.20. The first kappa shape index (κ1) is 22.0. The molecule has 6 rings (SSSR count). The molecule has 1 aromatic heterocycles. The van der Waals surface area contributed by atoms with Gasteiger partial charge in [-0.3, -0.25) is 9.59 Å². The number of carbonyl (C=O) groups excluding carboxylic acids is 2. The van der Waals surface area contributed by atoms with Crippen LogP contribution >= 0.6 is 15.9 Å².